The van der Waals surface area contributed by atoms with Gasteiger partial charge in [0, 0.05) is 13.0 Å². The molecule has 0 rings (SSSR count). The van der Waals surface area contributed by atoms with Gasteiger partial charge < -0.3 is 35.0 Å². The fraction of sp³-hybridized carbons (Fsp3) is 0.885. The van der Waals surface area contributed by atoms with E-state index in [9.17, 15) is 25.2 Å². The van der Waals surface area contributed by atoms with Crippen LogP contribution < -0.4 is 0 Å². The van der Waals surface area contributed by atoms with Gasteiger partial charge in [0.15, 0.2) is 0 Å². The Balaban J connectivity index is 3.49. The molecule has 0 spiro atoms. The van der Waals surface area contributed by atoms with Crippen LogP contribution in [0, 0.1) is 0 Å². The smallest absolute Gasteiger partial charge is 0.305 e. The van der Waals surface area contributed by atoms with Gasteiger partial charge in [-0.25, -0.2) is 0 Å². The van der Waals surface area contributed by atoms with Crippen molar-refractivity contribution >= 4 is 5.97 Å². The van der Waals surface area contributed by atoms with Crippen LogP contribution in [0.4, 0.5) is 0 Å². The molecule has 8 heteroatoms. The van der Waals surface area contributed by atoms with Gasteiger partial charge in [-0.2, -0.15) is 0 Å². The largest absolute Gasteiger partial charge is 0.463 e. The summed E-state index contributed by atoms with van der Waals surface area (Å²) in [4.78, 5) is 11.7. The van der Waals surface area contributed by atoms with Crippen molar-refractivity contribution in [3.8, 4) is 0 Å². The van der Waals surface area contributed by atoms with Gasteiger partial charge in [0.05, 0.1) is 13.2 Å². The summed E-state index contributed by atoms with van der Waals surface area (Å²) in [5, 5.41) is 46.9. The minimum atomic E-state index is -1.73. The van der Waals surface area contributed by atoms with E-state index in [0.29, 0.717) is 6.42 Å². The van der Waals surface area contributed by atoms with Crippen molar-refractivity contribution in [2.45, 2.75) is 121 Å². The van der Waals surface area contributed by atoms with Crippen molar-refractivity contribution in [1.29, 1.82) is 0 Å². The van der Waals surface area contributed by atoms with Crippen LogP contribution in [0.1, 0.15) is 96.8 Å². The van der Waals surface area contributed by atoms with Gasteiger partial charge >= 0.3 is 5.97 Å². The van der Waals surface area contributed by atoms with Crippen LogP contribution >= 0.6 is 0 Å². The summed E-state index contributed by atoms with van der Waals surface area (Å²) in [6.07, 6.45) is 12.7. The zero-order valence-electron chi connectivity index (χ0n) is 21.2. The van der Waals surface area contributed by atoms with Crippen molar-refractivity contribution in [2.75, 3.05) is 26.4 Å². The molecule has 0 bridgehead atoms. The zero-order chi connectivity index (χ0) is 25.4. The van der Waals surface area contributed by atoms with Crippen LogP contribution in [-0.2, 0) is 14.3 Å². The standard InChI is InChI=1S/C26H50O8/c1-2-3-4-5-9-12-15-18-33-19-16-13-10-7-6-8-11-14-17-24(30)34-21-23(29)26(32)25(31)22(28)20-27/h10,13,22-23,25-29,31-32H,2-9,11-12,14-21H2,1H3. The summed E-state index contributed by atoms with van der Waals surface area (Å²) in [7, 11) is 0. The molecule has 4 unspecified atom stereocenters. The van der Waals surface area contributed by atoms with Crippen molar-refractivity contribution in [3.63, 3.8) is 0 Å². The first-order valence-electron chi connectivity index (χ1n) is 13.2. The van der Waals surface area contributed by atoms with E-state index in [1.165, 1.54) is 38.5 Å². The van der Waals surface area contributed by atoms with Crippen molar-refractivity contribution < 1.29 is 39.8 Å². The average Bonchev–Trinajstić information content (AvgIpc) is 2.84. The summed E-state index contributed by atoms with van der Waals surface area (Å²) in [5.41, 5.74) is 0. The highest BCUT2D eigenvalue weighted by atomic mass is 16.5. The molecule has 0 saturated heterocycles. The van der Waals surface area contributed by atoms with Crippen LogP contribution in [0.3, 0.4) is 0 Å². The number of ether oxygens (including phenoxy) is 2. The lowest BCUT2D eigenvalue weighted by molar-refractivity contribution is -0.156. The SMILES string of the molecule is CCCCCCCCCOCCC=CCCCCCCC(=O)OCC(O)C(O)C(O)C(O)CO. The van der Waals surface area contributed by atoms with E-state index < -0.39 is 43.6 Å². The van der Waals surface area contributed by atoms with E-state index in [0.717, 1.165) is 51.7 Å². The molecule has 0 aromatic heterocycles. The summed E-state index contributed by atoms with van der Waals surface area (Å²) >= 11 is 0. The van der Waals surface area contributed by atoms with Gasteiger partial charge in [-0.15, -0.1) is 0 Å². The number of aliphatic hydroxyl groups is 5. The van der Waals surface area contributed by atoms with E-state index in [1.807, 2.05) is 0 Å². The fourth-order valence-corrected chi connectivity index (χ4v) is 3.45. The maximum absolute atomic E-state index is 11.7. The highest BCUT2D eigenvalue weighted by molar-refractivity contribution is 5.69. The molecule has 34 heavy (non-hydrogen) atoms. The number of hydrogen-bond donors (Lipinski definition) is 5. The minimum Gasteiger partial charge on any atom is -0.463 e. The third kappa shape index (κ3) is 19.3. The van der Waals surface area contributed by atoms with Gasteiger partial charge in [0.2, 0.25) is 0 Å². The average molecular weight is 491 g/mol. The summed E-state index contributed by atoms with van der Waals surface area (Å²) < 4.78 is 10.6. The maximum atomic E-state index is 11.7. The molecule has 202 valence electrons. The quantitative estimate of drug-likeness (QED) is 0.0791. The van der Waals surface area contributed by atoms with E-state index in [4.69, 9.17) is 14.6 Å². The fourth-order valence-electron chi connectivity index (χ4n) is 3.45. The molecule has 0 heterocycles. The van der Waals surface area contributed by atoms with Gasteiger partial charge in [-0.05, 0) is 32.1 Å². The van der Waals surface area contributed by atoms with Crippen molar-refractivity contribution in [3.05, 3.63) is 12.2 Å². The molecular formula is C26H50O8. The molecule has 0 aliphatic heterocycles. The molecule has 0 aliphatic rings. The lowest BCUT2D eigenvalue weighted by Gasteiger charge is -2.25. The molecular weight excluding hydrogens is 440 g/mol. The number of unbranched alkanes of at least 4 members (excludes halogenated alkanes) is 10. The predicted octanol–water partition coefficient (Wildman–Crippen LogP) is 3.02. The van der Waals surface area contributed by atoms with E-state index in [-0.39, 0.29) is 6.42 Å². The Labute approximate surface area is 206 Å². The van der Waals surface area contributed by atoms with Gasteiger partial charge in [-0.1, -0.05) is 70.4 Å². The molecule has 4 atom stereocenters. The topological polar surface area (TPSA) is 137 Å². The predicted molar refractivity (Wildman–Crippen MR) is 132 cm³/mol. The minimum absolute atomic E-state index is 0.219. The Bertz CT molecular complexity index is 485. The third-order valence-electron chi connectivity index (χ3n) is 5.73. The summed E-state index contributed by atoms with van der Waals surface area (Å²) in [5.74, 6) is -0.486. The molecule has 0 radical (unpaired) electrons. The molecule has 0 saturated carbocycles. The second-order valence-corrected chi connectivity index (χ2v) is 8.93. The molecule has 0 aromatic carbocycles. The van der Waals surface area contributed by atoms with E-state index in [1.54, 1.807) is 0 Å². The molecule has 0 aliphatic carbocycles. The molecule has 0 aromatic rings. The van der Waals surface area contributed by atoms with Crippen molar-refractivity contribution in [1.82, 2.24) is 0 Å². The van der Waals surface area contributed by atoms with Crippen LogP contribution in [-0.4, -0.2) is 82.3 Å². The third-order valence-corrected chi connectivity index (χ3v) is 5.73. The van der Waals surface area contributed by atoms with Gasteiger partial charge in [0.1, 0.15) is 31.0 Å². The Kier molecular flexibility index (Phi) is 23.0. The number of carbonyl (C=O) groups excluding carboxylic acids is 1. The zero-order valence-corrected chi connectivity index (χ0v) is 21.2. The second kappa shape index (κ2) is 23.7. The number of hydrogen-bond acceptors (Lipinski definition) is 8. The summed E-state index contributed by atoms with van der Waals surface area (Å²) in [6.45, 7) is 2.64. The van der Waals surface area contributed by atoms with Gasteiger partial charge in [0.25, 0.3) is 0 Å². The Morgan fingerprint density at radius 1 is 0.735 bits per heavy atom. The van der Waals surface area contributed by atoms with Crippen LogP contribution in [0.5, 0.6) is 0 Å². The first-order valence-corrected chi connectivity index (χ1v) is 13.2. The van der Waals surface area contributed by atoms with E-state index >= 15 is 0 Å². The van der Waals surface area contributed by atoms with Gasteiger partial charge in [-0.3, -0.25) is 4.79 Å². The van der Waals surface area contributed by atoms with Crippen LogP contribution in [0.25, 0.3) is 0 Å². The Hall–Kier alpha value is -1.03. The number of aliphatic hydroxyl groups excluding tert-OH is 5. The second-order valence-electron chi connectivity index (χ2n) is 8.93. The van der Waals surface area contributed by atoms with E-state index in [2.05, 4.69) is 19.1 Å². The summed E-state index contributed by atoms with van der Waals surface area (Å²) in [6, 6.07) is 0. The first-order chi connectivity index (χ1) is 16.4. The normalized spacial score (nSPS) is 15.4. The highest BCUT2D eigenvalue weighted by Gasteiger charge is 2.30. The number of allylic oxidation sites excluding steroid dienone is 1. The number of esters is 1. The molecule has 8 nitrogen and oxygen atoms in total. The lowest BCUT2D eigenvalue weighted by atomic mass is 10.0. The monoisotopic (exact) mass is 490 g/mol. The highest BCUT2D eigenvalue weighted by Crippen LogP contribution is 2.10. The molecule has 0 fully saturated rings. The number of carbonyl (C=O) groups is 1. The Morgan fingerprint density at radius 3 is 2.03 bits per heavy atom. The van der Waals surface area contributed by atoms with Crippen molar-refractivity contribution in [2.24, 2.45) is 0 Å². The first kappa shape index (κ1) is 33.0. The van der Waals surface area contributed by atoms with Crippen LogP contribution in [0.15, 0.2) is 12.2 Å². The molecule has 0 amide bonds. The molecule has 5 N–H and O–H groups in total. The maximum Gasteiger partial charge on any atom is 0.305 e. The Morgan fingerprint density at radius 2 is 1.32 bits per heavy atom. The van der Waals surface area contributed by atoms with Crippen LogP contribution in [0.2, 0.25) is 0 Å². The number of rotatable bonds is 24. The lowest BCUT2D eigenvalue weighted by Crippen LogP contribution is -2.47.